The lowest BCUT2D eigenvalue weighted by molar-refractivity contribution is 0.164. The summed E-state index contributed by atoms with van der Waals surface area (Å²) in [6, 6.07) is 5.53. The second kappa shape index (κ2) is 5.98. The Labute approximate surface area is 111 Å². The standard InChI is InChI=1S/C13H16ClN3O/c1-2-10(18)5-6-15-13-11-4-3-9(14)7-12(11)16-8-17-13/h3-4,7-8,10,18H,2,5-6H2,1H3,(H,15,16,17). The molecule has 1 atom stereocenters. The first-order valence-corrected chi connectivity index (χ1v) is 6.40. The van der Waals surface area contributed by atoms with Gasteiger partial charge in [-0.05, 0) is 31.0 Å². The summed E-state index contributed by atoms with van der Waals surface area (Å²) in [6.07, 6.45) is 2.72. The fourth-order valence-electron chi connectivity index (χ4n) is 1.73. The summed E-state index contributed by atoms with van der Waals surface area (Å²) < 4.78 is 0. The van der Waals surface area contributed by atoms with Gasteiger partial charge in [0.2, 0.25) is 0 Å². The van der Waals surface area contributed by atoms with Crippen molar-refractivity contribution in [3.8, 4) is 0 Å². The van der Waals surface area contributed by atoms with Crippen LogP contribution < -0.4 is 5.32 Å². The summed E-state index contributed by atoms with van der Waals surface area (Å²) in [5, 5.41) is 14.3. The molecule has 0 saturated heterocycles. The minimum absolute atomic E-state index is 0.264. The molecule has 0 bridgehead atoms. The van der Waals surface area contributed by atoms with E-state index in [1.165, 1.54) is 6.33 Å². The van der Waals surface area contributed by atoms with Crippen molar-refractivity contribution in [3.63, 3.8) is 0 Å². The predicted molar refractivity (Wildman–Crippen MR) is 74.0 cm³/mol. The Morgan fingerprint density at radius 3 is 3.00 bits per heavy atom. The second-order valence-corrected chi connectivity index (χ2v) is 4.60. The molecule has 96 valence electrons. The van der Waals surface area contributed by atoms with Gasteiger partial charge in [-0.2, -0.15) is 0 Å². The van der Waals surface area contributed by atoms with Crippen LogP contribution in [-0.2, 0) is 0 Å². The smallest absolute Gasteiger partial charge is 0.137 e. The van der Waals surface area contributed by atoms with Crippen molar-refractivity contribution in [1.82, 2.24) is 9.97 Å². The zero-order valence-electron chi connectivity index (χ0n) is 10.2. The van der Waals surface area contributed by atoms with Gasteiger partial charge in [-0.1, -0.05) is 18.5 Å². The van der Waals surface area contributed by atoms with Crippen LogP contribution in [0.15, 0.2) is 24.5 Å². The van der Waals surface area contributed by atoms with E-state index in [1.54, 1.807) is 0 Å². The molecule has 2 aromatic rings. The quantitative estimate of drug-likeness (QED) is 0.873. The van der Waals surface area contributed by atoms with E-state index >= 15 is 0 Å². The monoisotopic (exact) mass is 265 g/mol. The highest BCUT2D eigenvalue weighted by molar-refractivity contribution is 6.31. The molecule has 0 aliphatic rings. The molecule has 1 aromatic heterocycles. The number of hydrogen-bond donors (Lipinski definition) is 2. The highest BCUT2D eigenvalue weighted by Crippen LogP contribution is 2.22. The maximum absolute atomic E-state index is 9.50. The van der Waals surface area contributed by atoms with Gasteiger partial charge in [-0.3, -0.25) is 0 Å². The topological polar surface area (TPSA) is 58.0 Å². The molecular weight excluding hydrogens is 250 g/mol. The lowest BCUT2D eigenvalue weighted by atomic mass is 10.2. The largest absolute Gasteiger partial charge is 0.393 e. The molecule has 0 amide bonds. The minimum Gasteiger partial charge on any atom is -0.393 e. The molecule has 0 saturated carbocycles. The molecule has 0 radical (unpaired) electrons. The van der Waals surface area contributed by atoms with Crippen LogP contribution in [0.5, 0.6) is 0 Å². The normalized spacial score (nSPS) is 12.6. The maximum atomic E-state index is 9.50. The number of nitrogens with one attached hydrogen (secondary N) is 1. The Bertz CT molecular complexity index is 533. The van der Waals surface area contributed by atoms with Gasteiger partial charge in [-0.15, -0.1) is 0 Å². The third kappa shape index (κ3) is 3.09. The van der Waals surface area contributed by atoms with E-state index in [4.69, 9.17) is 11.6 Å². The first kappa shape index (κ1) is 13.1. The van der Waals surface area contributed by atoms with E-state index in [0.29, 0.717) is 18.0 Å². The van der Waals surface area contributed by atoms with Crippen molar-refractivity contribution >= 4 is 28.3 Å². The Balaban J connectivity index is 2.13. The van der Waals surface area contributed by atoms with E-state index in [9.17, 15) is 5.11 Å². The van der Waals surface area contributed by atoms with Gasteiger partial charge in [0.25, 0.3) is 0 Å². The Kier molecular flexibility index (Phi) is 4.33. The number of rotatable bonds is 5. The van der Waals surface area contributed by atoms with Crippen molar-refractivity contribution in [3.05, 3.63) is 29.5 Å². The van der Waals surface area contributed by atoms with E-state index in [1.807, 2.05) is 25.1 Å². The molecule has 1 heterocycles. The summed E-state index contributed by atoms with van der Waals surface area (Å²) in [7, 11) is 0. The number of aromatic nitrogens is 2. The molecule has 0 aliphatic heterocycles. The van der Waals surface area contributed by atoms with Gasteiger partial charge >= 0.3 is 0 Å². The summed E-state index contributed by atoms with van der Waals surface area (Å²) in [6.45, 7) is 2.65. The third-order valence-corrected chi connectivity index (χ3v) is 3.07. The third-order valence-electron chi connectivity index (χ3n) is 2.84. The number of benzene rings is 1. The fraction of sp³-hybridized carbons (Fsp3) is 0.385. The Hall–Kier alpha value is -1.39. The van der Waals surface area contributed by atoms with Crippen molar-refractivity contribution < 1.29 is 5.11 Å². The zero-order chi connectivity index (χ0) is 13.0. The minimum atomic E-state index is -0.264. The molecule has 4 nitrogen and oxygen atoms in total. The van der Waals surface area contributed by atoms with Crippen LogP contribution in [0.2, 0.25) is 5.02 Å². The predicted octanol–water partition coefficient (Wildman–Crippen LogP) is 2.86. The van der Waals surface area contributed by atoms with Crippen LogP contribution in [0.25, 0.3) is 10.9 Å². The van der Waals surface area contributed by atoms with Crippen LogP contribution >= 0.6 is 11.6 Å². The average molecular weight is 266 g/mol. The lowest BCUT2D eigenvalue weighted by Gasteiger charge is -2.10. The van der Waals surface area contributed by atoms with Crippen LogP contribution in [0, 0.1) is 0 Å². The number of nitrogens with zero attached hydrogens (tertiary/aromatic N) is 2. The molecule has 0 aliphatic carbocycles. The molecule has 1 aromatic carbocycles. The van der Waals surface area contributed by atoms with Crippen molar-refractivity contribution in [1.29, 1.82) is 0 Å². The Morgan fingerprint density at radius 1 is 1.39 bits per heavy atom. The number of fused-ring (bicyclic) bond motifs is 1. The first-order chi connectivity index (χ1) is 8.70. The van der Waals surface area contributed by atoms with E-state index in [-0.39, 0.29) is 6.10 Å². The van der Waals surface area contributed by atoms with E-state index in [2.05, 4.69) is 15.3 Å². The number of aliphatic hydroxyl groups excluding tert-OH is 1. The molecular formula is C13H16ClN3O. The number of halogens is 1. The summed E-state index contributed by atoms with van der Waals surface area (Å²) >= 11 is 5.92. The summed E-state index contributed by atoms with van der Waals surface area (Å²) in [5.41, 5.74) is 0.816. The number of anilines is 1. The average Bonchev–Trinajstić information content (AvgIpc) is 2.38. The lowest BCUT2D eigenvalue weighted by Crippen LogP contribution is -2.13. The summed E-state index contributed by atoms with van der Waals surface area (Å²) in [4.78, 5) is 8.39. The van der Waals surface area contributed by atoms with Gasteiger partial charge in [0.1, 0.15) is 12.1 Å². The first-order valence-electron chi connectivity index (χ1n) is 6.03. The van der Waals surface area contributed by atoms with Gasteiger partial charge in [0.05, 0.1) is 11.6 Å². The van der Waals surface area contributed by atoms with Crippen molar-refractivity contribution in [2.75, 3.05) is 11.9 Å². The molecule has 18 heavy (non-hydrogen) atoms. The van der Waals surface area contributed by atoms with Crippen molar-refractivity contribution in [2.45, 2.75) is 25.9 Å². The Morgan fingerprint density at radius 2 is 2.22 bits per heavy atom. The molecule has 1 unspecified atom stereocenters. The molecule has 0 fully saturated rings. The zero-order valence-corrected chi connectivity index (χ0v) is 11.0. The van der Waals surface area contributed by atoms with E-state index in [0.717, 1.165) is 23.1 Å². The van der Waals surface area contributed by atoms with Gasteiger partial charge in [-0.25, -0.2) is 9.97 Å². The molecule has 0 spiro atoms. The van der Waals surface area contributed by atoms with Crippen molar-refractivity contribution in [2.24, 2.45) is 0 Å². The number of aliphatic hydroxyl groups is 1. The summed E-state index contributed by atoms with van der Waals surface area (Å²) in [5.74, 6) is 0.778. The highest BCUT2D eigenvalue weighted by Gasteiger charge is 2.05. The van der Waals surface area contributed by atoms with Gasteiger partial charge in [0, 0.05) is 17.0 Å². The maximum Gasteiger partial charge on any atom is 0.137 e. The van der Waals surface area contributed by atoms with Gasteiger partial charge in [0.15, 0.2) is 0 Å². The van der Waals surface area contributed by atoms with Crippen LogP contribution in [-0.4, -0.2) is 27.7 Å². The molecule has 2 N–H and O–H groups in total. The number of hydrogen-bond acceptors (Lipinski definition) is 4. The second-order valence-electron chi connectivity index (χ2n) is 4.16. The van der Waals surface area contributed by atoms with Gasteiger partial charge < -0.3 is 10.4 Å². The molecule has 2 rings (SSSR count). The SMILES string of the molecule is CCC(O)CCNc1ncnc2cc(Cl)ccc12. The fourth-order valence-corrected chi connectivity index (χ4v) is 1.90. The molecule has 5 heteroatoms. The highest BCUT2D eigenvalue weighted by atomic mass is 35.5. The van der Waals surface area contributed by atoms with Crippen LogP contribution in [0.4, 0.5) is 5.82 Å². The van der Waals surface area contributed by atoms with E-state index < -0.39 is 0 Å². The van der Waals surface area contributed by atoms with Crippen LogP contribution in [0.3, 0.4) is 0 Å². The van der Waals surface area contributed by atoms with Crippen LogP contribution in [0.1, 0.15) is 19.8 Å².